The number of amides is 3. The molecule has 4 saturated heterocycles. The SMILES string of the molecule is CCCCCCCCCCCCCCCCOC[C@@H](CN(CCO[C@@H]1O[C@H](CO[C@H]2O[C@@H]3CO[C@@H](c4ccccc4)O[C@H]3[C@H](OCc3ccccc3)[C@@H]2O[C@@H]2O[C@H](COC(C)=O)[C@@H](OC(C)=O)[C@H](OC(C)=O)[C@H]2N2C(=O)c3ccccc3C2=O)[C@@H](OCc2ccccc2)[C@H](OCc2ccccc2)[C@H]1OCc1ccccc1)C(=O)OC(C)(C)C)OCc1ccccc1. The van der Waals surface area contributed by atoms with Crippen LogP contribution in [0.4, 0.5) is 4.79 Å². The topological polar surface area (TPSA) is 275 Å². The number of carbonyl (C=O) groups excluding carboxylic acids is 6. The van der Waals surface area contributed by atoms with Gasteiger partial charge in [0.2, 0.25) is 0 Å². The van der Waals surface area contributed by atoms with Crippen LogP contribution in [0.3, 0.4) is 0 Å². The minimum atomic E-state index is -1.92. The van der Waals surface area contributed by atoms with Crippen molar-refractivity contribution in [2.75, 3.05) is 52.7 Å². The van der Waals surface area contributed by atoms with Crippen molar-refractivity contribution in [3.63, 3.8) is 0 Å². The number of fused-ring (bicyclic) bond motifs is 2. The number of hydrogen-bond donors (Lipinski definition) is 0. The fourth-order valence-corrected chi connectivity index (χ4v) is 16.3. The van der Waals surface area contributed by atoms with Gasteiger partial charge in [-0.25, -0.2) is 4.79 Å². The lowest BCUT2D eigenvalue weighted by atomic mass is 9.93. The third kappa shape index (κ3) is 28.9. The van der Waals surface area contributed by atoms with Crippen molar-refractivity contribution in [2.24, 2.45) is 0 Å². The number of carbonyl (C=O) groups is 6. The van der Waals surface area contributed by atoms with Crippen molar-refractivity contribution >= 4 is 35.8 Å². The van der Waals surface area contributed by atoms with Gasteiger partial charge in [-0.1, -0.05) is 285 Å². The molecule has 26 nitrogen and oxygen atoms in total. The molecule has 0 aromatic heterocycles. The average molecular weight is 1740 g/mol. The van der Waals surface area contributed by atoms with Crippen LogP contribution in [-0.2, 0) is 133 Å². The first-order valence-corrected chi connectivity index (χ1v) is 44.8. The summed E-state index contributed by atoms with van der Waals surface area (Å²) in [5, 5.41) is 0. The predicted molar refractivity (Wildman–Crippen MR) is 465 cm³/mol. The van der Waals surface area contributed by atoms with E-state index in [1.54, 1.807) is 17.0 Å². The van der Waals surface area contributed by atoms with Crippen molar-refractivity contribution in [3.8, 4) is 0 Å². The van der Waals surface area contributed by atoms with Gasteiger partial charge in [0, 0.05) is 39.5 Å². The highest BCUT2D eigenvalue weighted by molar-refractivity contribution is 6.21. The molecule has 0 radical (unpaired) electrons. The normalized spacial score (nSPS) is 24.4. The summed E-state index contributed by atoms with van der Waals surface area (Å²) in [6, 6.07) is 61.7. The first-order chi connectivity index (χ1) is 61.3. The summed E-state index contributed by atoms with van der Waals surface area (Å²) in [7, 11) is 0. The van der Waals surface area contributed by atoms with Gasteiger partial charge in [-0.2, -0.15) is 0 Å². The van der Waals surface area contributed by atoms with Gasteiger partial charge in [0.1, 0.15) is 73.2 Å². The second-order valence-corrected chi connectivity index (χ2v) is 33.6. The largest absolute Gasteiger partial charge is 0.463 e. The molecule has 0 bridgehead atoms. The molecule has 3 amide bonds. The van der Waals surface area contributed by atoms with E-state index in [1.807, 2.05) is 203 Å². The Bertz CT molecular complexity index is 4370. The Balaban J connectivity index is 0.899. The minimum absolute atomic E-state index is 0.00673. The molecule has 7 aromatic carbocycles. The lowest BCUT2D eigenvalue weighted by Gasteiger charge is -2.52. The van der Waals surface area contributed by atoms with Crippen LogP contribution in [-0.4, -0.2) is 202 Å². The number of imide groups is 1. The molecular weight excluding hydrogens is 1610 g/mol. The molecule has 0 saturated carbocycles. The Morgan fingerprint density at radius 2 is 0.897 bits per heavy atom. The van der Waals surface area contributed by atoms with Crippen LogP contribution in [0.15, 0.2) is 206 Å². The lowest BCUT2D eigenvalue weighted by molar-refractivity contribution is -0.398. The van der Waals surface area contributed by atoms with E-state index < -0.39 is 159 Å². The van der Waals surface area contributed by atoms with E-state index in [0.29, 0.717) is 12.2 Å². The molecule has 5 aliphatic rings. The summed E-state index contributed by atoms with van der Waals surface area (Å²) in [5.41, 5.74) is 3.91. The highest BCUT2D eigenvalue weighted by Crippen LogP contribution is 2.43. The van der Waals surface area contributed by atoms with E-state index >= 15 is 9.59 Å². The molecule has 26 heteroatoms. The zero-order chi connectivity index (χ0) is 88.4. The molecule has 0 aliphatic carbocycles. The third-order valence-electron chi connectivity index (χ3n) is 22.6. The zero-order valence-electron chi connectivity index (χ0n) is 73.7. The Morgan fingerprint density at radius 3 is 1.41 bits per heavy atom. The number of esters is 3. The van der Waals surface area contributed by atoms with Crippen LogP contribution in [0.25, 0.3) is 0 Å². The standard InChI is InChI=1S/C100H126N2O24/c1-8-9-10-11-12-13-14-15-16-17-18-19-20-41-57-109-65-78(112-60-72-42-27-21-28-43-72)59-101(99(108)126-100(5,6)7)56-58-110-97-91(116-64-76-50-35-25-36-51-76)89(114-62-74-46-31-23-32-47-74)85(113-61-73-44-29-22-30-45-73)81(122-97)67-118-98-92(90(115-63-75-48-33-24-34-49-75)87-83(123-98)68-117-95(124-87)77-52-37-26-38-53-77)125-96-84(102-93(106)79-54-39-40-55-80(79)94(102)107)88(120-71(4)105)86(119-70(3)104)82(121-96)66-111-69(2)103/h21-40,42-55,78,81-92,95-98H,8-20,41,56-68H2,1-7H3/t78-,81-,82-,83-,84-,85-,86-,87-,88-,89+,90+,91-,92+,95-,96+,97-,98+/m1/s1. The molecule has 4 fully saturated rings. The van der Waals surface area contributed by atoms with Crippen molar-refractivity contribution in [3.05, 3.63) is 251 Å². The van der Waals surface area contributed by atoms with Gasteiger partial charge in [-0.05, 0) is 67.1 Å². The Labute approximate surface area is 740 Å². The van der Waals surface area contributed by atoms with Crippen molar-refractivity contribution in [2.45, 2.75) is 281 Å². The molecule has 0 unspecified atom stereocenters. The van der Waals surface area contributed by atoms with E-state index in [-0.39, 0.29) is 77.1 Å². The van der Waals surface area contributed by atoms with Crippen LogP contribution in [0.2, 0.25) is 0 Å². The monoisotopic (exact) mass is 1740 g/mol. The number of unbranched alkanes of at least 4 members (excludes halogenated alkanes) is 13. The fourth-order valence-electron chi connectivity index (χ4n) is 16.3. The van der Waals surface area contributed by atoms with Crippen LogP contribution in [0.1, 0.15) is 199 Å². The average Bonchev–Trinajstić information content (AvgIpc) is 1.55. The number of ether oxygens (including phenoxy) is 18. The maximum atomic E-state index is 15.2. The molecule has 5 aliphatic heterocycles. The van der Waals surface area contributed by atoms with Gasteiger partial charge < -0.3 is 90.2 Å². The summed E-state index contributed by atoms with van der Waals surface area (Å²) in [5.74, 6) is -4.20. The molecule has 12 rings (SSSR count). The summed E-state index contributed by atoms with van der Waals surface area (Å²) in [6.07, 6.45) is -4.18. The van der Waals surface area contributed by atoms with Gasteiger partial charge >= 0.3 is 24.0 Å². The lowest BCUT2D eigenvalue weighted by Crippen LogP contribution is -2.70. The van der Waals surface area contributed by atoms with Gasteiger partial charge in [-0.3, -0.25) is 28.9 Å². The van der Waals surface area contributed by atoms with Crippen LogP contribution in [0.5, 0.6) is 0 Å². The molecule has 7 aromatic rings. The highest BCUT2D eigenvalue weighted by Gasteiger charge is 2.61. The summed E-state index contributed by atoms with van der Waals surface area (Å²) in [4.78, 5) is 87.8. The van der Waals surface area contributed by atoms with E-state index in [2.05, 4.69) is 6.92 Å². The van der Waals surface area contributed by atoms with E-state index in [1.165, 1.54) is 89.7 Å². The molecule has 0 N–H and O–H groups in total. The van der Waals surface area contributed by atoms with E-state index in [9.17, 15) is 19.2 Å². The first kappa shape index (κ1) is 95.9. The second-order valence-electron chi connectivity index (χ2n) is 33.6. The minimum Gasteiger partial charge on any atom is -0.463 e. The highest BCUT2D eigenvalue weighted by atomic mass is 16.8. The Kier molecular flexibility index (Phi) is 38.0. The number of nitrogens with zero attached hydrogens (tertiary/aromatic N) is 2. The molecule has 680 valence electrons. The van der Waals surface area contributed by atoms with E-state index in [0.717, 1.165) is 65.8 Å². The maximum absolute atomic E-state index is 15.2. The fraction of sp³-hybridized carbons (Fsp3) is 0.520. The zero-order valence-corrected chi connectivity index (χ0v) is 73.7. The third-order valence-corrected chi connectivity index (χ3v) is 22.6. The molecule has 0 spiro atoms. The molecule has 126 heavy (non-hydrogen) atoms. The van der Waals surface area contributed by atoms with Gasteiger partial charge in [-0.15, -0.1) is 0 Å². The van der Waals surface area contributed by atoms with Crippen molar-refractivity contribution < 1.29 is 114 Å². The molecular formula is C100H126N2O24. The van der Waals surface area contributed by atoms with Crippen LogP contribution < -0.4 is 0 Å². The van der Waals surface area contributed by atoms with Gasteiger partial charge in [0.15, 0.2) is 37.4 Å². The summed E-state index contributed by atoms with van der Waals surface area (Å²) < 4.78 is 123. The summed E-state index contributed by atoms with van der Waals surface area (Å²) in [6.45, 7) is 10.8. The molecule has 17 atom stereocenters. The van der Waals surface area contributed by atoms with Gasteiger partial charge in [0.05, 0.1) is 83.2 Å². The quantitative estimate of drug-likeness (QED) is 0.0148. The van der Waals surface area contributed by atoms with Crippen molar-refractivity contribution in [1.82, 2.24) is 9.80 Å². The molecule has 5 heterocycles. The van der Waals surface area contributed by atoms with Gasteiger partial charge in [0.25, 0.3) is 11.8 Å². The Morgan fingerprint density at radius 1 is 0.444 bits per heavy atom. The second kappa shape index (κ2) is 49.9. The maximum Gasteiger partial charge on any atom is 0.410 e. The van der Waals surface area contributed by atoms with Crippen LogP contribution in [0, 0.1) is 0 Å². The number of benzene rings is 7. The predicted octanol–water partition coefficient (Wildman–Crippen LogP) is 16.4. The van der Waals surface area contributed by atoms with E-state index in [4.69, 9.17) is 85.3 Å². The van der Waals surface area contributed by atoms with Crippen molar-refractivity contribution in [1.29, 1.82) is 0 Å². The summed E-state index contributed by atoms with van der Waals surface area (Å²) >= 11 is 0. The Hall–Kier alpha value is -9.20. The van der Waals surface area contributed by atoms with Crippen LogP contribution >= 0.6 is 0 Å². The number of hydrogen-bond acceptors (Lipinski definition) is 24. The number of rotatable bonds is 49. The first-order valence-electron chi connectivity index (χ1n) is 44.8. The smallest absolute Gasteiger partial charge is 0.410 e.